The molecule has 0 saturated heterocycles. The molecule has 0 aliphatic carbocycles. The first-order valence-corrected chi connectivity index (χ1v) is 32.4. The van der Waals surface area contributed by atoms with E-state index in [0.29, 0.717) is 19.3 Å². The molecule has 1 atom stereocenters. The topological polar surface area (TPSA) is 78.9 Å². The third-order valence-corrected chi connectivity index (χ3v) is 13.8. The van der Waals surface area contributed by atoms with Gasteiger partial charge in [-0.15, -0.1) is 0 Å². The number of rotatable bonds is 58. The van der Waals surface area contributed by atoms with Crippen molar-refractivity contribution in [2.75, 3.05) is 13.2 Å². The Balaban J connectivity index is 4.22. The van der Waals surface area contributed by atoms with Crippen molar-refractivity contribution in [1.29, 1.82) is 0 Å². The van der Waals surface area contributed by atoms with E-state index in [2.05, 4.69) is 130 Å². The van der Waals surface area contributed by atoms with Crippen molar-refractivity contribution in [2.45, 2.75) is 309 Å². The fourth-order valence-electron chi connectivity index (χ4n) is 8.99. The Labute approximate surface area is 476 Å². The second-order valence-corrected chi connectivity index (χ2v) is 21.3. The minimum absolute atomic E-state index is 0.0786. The van der Waals surface area contributed by atoms with Crippen LogP contribution in [0.25, 0.3) is 0 Å². The van der Waals surface area contributed by atoms with Crippen molar-refractivity contribution >= 4 is 17.9 Å². The molecule has 0 aliphatic rings. The first-order valence-electron chi connectivity index (χ1n) is 32.4. The molecular weight excluding hydrogens is 949 g/mol. The van der Waals surface area contributed by atoms with Crippen LogP contribution in [0.5, 0.6) is 0 Å². The molecule has 0 fully saturated rings. The number of allylic oxidation sites excluding steroid dienone is 18. The van der Waals surface area contributed by atoms with Crippen LogP contribution in [0.15, 0.2) is 109 Å². The summed E-state index contributed by atoms with van der Waals surface area (Å²) >= 11 is 0. The maximum Gasteiger partial charge on any atom is 0.306 e. The summed E-state index contributed by atoms with van der Waals surface area (Å²) in [5.74, 6) is -0.881. The molecular formula is C71H120O6. The average Bonchev–Trinajstić information content (AvgIpc) is 3.43. The molecule has 0 heterocycles. The van der Waals surface area contributed by atoms with Gasteiger partial charge in [-0.3, -0.25) is 14.4 Å². The molecule has 0 radical (unpaired) electrons. The van der Waals surface area contributed by atoms with E-state index >= 15 is 0 Å². The summed E-state index contributed by atoms with van der Waals surface area (Å²) in [6.45, 7) is 6.41. The number of hydrogen-bond donors (Lipinski definition) is 0. The van der Waals surface area contributed by atoms with Gasteiger partial charge in [0.2, 0.25) is 0 Å². The number of hydrogen-bond acceptors (Lipinski definition) is 6. The van der Waals surface area contributed by atoms with E-state index in [-0.39, 0.29) is 31.1 Å². The summed E-state index contributed by atoms with van der Waals surface area (Å²) in [6, 6.07) is 0. The van der Waals surface area contributed by atoms with E-state index < -0.39 is 6.10 Å². The van der Waals surface area contributed by atoms with Crippen LogP contribution in [-0.4, -0.2) is 37.2 Å². The van der Waals surface area contributed by atoms with Crippen LogP contribution in [0.3, 0.4) is 0 Å². The lowest BCUT2D eigenvalue weighted by Crippen LogP contribution is -2.30. The number of unbranched alkanes of at least 4 members (excludes halogenated alkanes) is 29. The third-order valence-electron chi connectivity index (χ3n) is 13.8. The van der Waals surface area contributed by atoms with Crippen LogP contribution in [0.1, 0.15) is 303 Å². The van der Waals surface area contributed by atoms with Gasteiger partial charge in [0.25, 0.3) is 0 Å². The Morgan fingerprint density at radius 3 is 0.792 bits per heavy atom. The van der Waals surface area contributed by atoms with Crippen LogP contribution in [0.2, 0.25) is 0 Å². The quantitative estimate of drug-likeness (QED) is 0.0261. The Morgan fingerprint density at radius 1 is 0.273 bits per heavy atom. The van der Waals surface area contributed by atoms with Gasteiger partial charge in [0, 0.05) is 19.3 Å². The predicted molar refractivity (Wildman–Crippen MR) is 334 cm³/mol. The zero-order chi connectivity index (χ0) is 55.7. The normalized spacial score (nSPS) is 12.8. The molecule has 0 amide bonds. The molecule has 6 nitrogen and oxygen atoms in total. The molecule has 440 valence electrons. The SMILES string of the molecule is CC/C=C\C/C=C\C/C=C\C/C=C\C/C=C\CCCCCCCCCCCCCC(=O)OCC(COC(=O)CCCCCCCCCCC)OC(=O)CCCCCCCCCCCC/C=C\C/C=C\C/C=C\C/C=C\CC. The van der Waals surface area contributed by atoms with Gasteiger partial charge in [-0.05, 0) is 103 Å². The minimum Gasteiger partial charge on any atom is -0.462 e. The molecule has 0 N–H and O–H groups in total. The monoisotopic (exact) mass is 1070 g/mol. The molecule has 0 aromatic carbocycles. The minimum atomic E-state index is -0.781. The van der Waals surface area contributed by atoms with E-state index in [1.807, 2.05) is 0 Å². The summed E-state index contributed by atoms with van der Waals surface area (Å²) in [6.07, 6.45) is 88.2. The Bertz CT molecular complexity index is 1560. The number of esters is 3. The van der Waals surface area contributed by atoms with Gasteiger partial charge in [0.15, 0.2) is 6.10 Å². The lowest BCUT2D eigenvalue weighted by molar-refractivity contribution is -0.167. The molecule has 77 heavy (non-hydrogen) atoms. The fourth-order valence-corrected chi connectivity index (χ4v) is 8.99. The number of carbonyl (C=O) groups is 3. The highest BCUT2D eigenvalue weighted by molar-refractivity contribution is 5.71. The number of ether oxygens (including phenoxy) is 3. The molecule has 0 aliphatic heterocycles. The van der Waals surface area contributed by atoms with Crippen LogP contribution < -0.4 is 0 Å². The van der Waals surface area contributed by atoms with Gasteiger partial charge in [-0.1, -0.05) is 291 Å². The van der Waals surface area contributed by atoms with E-state index in [1.54, 1.807) is 0 Å². The Morgan fingerprint density at radius 2 is 0.506 bits per heavy atom. The van der Waals surface area contributed by atoms with Crippen molar-refractivity contribution in [3.05, 3.63) is 109 Å². The number of carbonyl (C=O) groups excluding carboxylic acids is 3. The van der Waals surface area contributed by atoms with E-state index in [1.165, 1.54) is 148 Å². The van der Waals surface area contributed by atoms with Gasteiger partial charge in [-0.2, -0.15) is 0 Å². The lowest BCUT2D eigenvalue weighted by Gasteiger charge is -2.18. The zero-order valence-electron chi connectivity index (χ0n) is 50.4. The highest BCUT2D eigenvalue weighted by Gasteiger charge is 2.19. The van der Waals surface area contributed by atoms with Crippen molar-refractivity contribution in [3.8, 4) is 0 Å². The summed E-state index contributed by atoms with van der Waals surface area (Å²) in [5.41, 5.74) is 0. The van der Waals surface area contributed by atoms with Crippen molar-refractivity contribution < 1.29 is 28.6 Å². The summed E-state index contributed by atoms with van der Waals surface area (Å²) < 4.78 is 16.9. The maximum atomic E-state index is 12.9. The van der Waals surface area contributed by atoms with E-state index in [0.717, 1.165) is 116 Å². The van der Waals surface area contributed by atoms with Gasteiger partial charge < -0.3 is 14.2 Å². The highest BCUT2D eigenvalue weighted by Crippen LogP contribution is 2.16. The smallest absolute Gasteiger partial charge is 0.306 e. The summed E-state index contributed by atoms with van der Waals surface area (Å²) in [5, 5.41) is 0. The summed E-state index contributed by atoms with van der Waals surface area (Å²) in [7, 11) is 0. The average molecular weight is 1070 g/mol. The Hall–Kier alpha value is -3.93. The van der Waals surface area contributed by atoms with Gasteiger partial charge >= 0.3 is 17.9 Å². The van der Waals surface area contributed by atoms with Crippen molar-refractivity contribution in [3.63, 3.8) is 0 Å². The van der Waals surface area contributed by atoms with Gasteiger partial charge in [0.1, 0.15) is 13.2 Å². The molecule has 0 bridgehead atoms. The molecule has 6 heteroatoms. The predicted octanol–water partition coefficient (Wildman–Crippen LogP) is 22.2. The molecule has 0 spiro atoms. The lowest BCUT2D eigenvalue weighted by atomic mass is 10.0. The maximum absolute atomic E-state index is 12.9. The Kier molecular flexibility index (Phi) is 61.3. The van der Waals surface area contributed by atoms with Crippen molar-refractivity contribution in [1.82, 2.24) is 0 Å². The summed E-state index contributed by atoms with van der Waals surface area (Å²) in [4.78, 5) is 38.2. The van der Waals surface area contributed by atoms with Gasteiger partial charge in [-0.25, -0.2) is 0 Å². The van der Waals surface area contributed by atoms with E-state index in [9.17, 15) is 14.4 Å². The second-order valence-electron chi connectivity index (χ2n) is 21.3. The van der Waals surface area contributed by atoms with Crippen molar-refractivity contribution in [2.24, 2.45) is 0 Å². The molecule has 0 rings (SSSR count). The van der Waals surface area contributed by atoms with E-state index in [4.69, 9.17) is 14.2 Å². The highest BCUT2D eigenvalue weighted by atomic mass is 16.6. The molecule has 0 aromatic heterocycles. The van der Waals surface area contributed by atoms with Crippen LogP contribution in [-0.2, 0) is 28.6 Å². The first kappa shape index (κ1) is 73.1. The van der Waals surface area contributed by atoms with Gasteiger partial charge in [0.05, 0.1) is 0 Å². The largest absolute Gasteiger partial charge is 0.462 e. The second kappa shape index (κ2) is 64.6. The standard InChI is InChI=1S/C71H120O6/c1-4-7-10-13-16-19-21-23-25-27-29-31-33-34-35-36-38-39-41-43-45-47-49-52-55-58-61-64-70(73)76-67-68(66-75-69(72)63-60-57-54-51-18-15-12-9-6-3)77-71(74)65-62-59-56-53-50-48-46-44-42-40-37-32-30-28-26-24-22-20-17-14-11-8-5-2/h7-8,10-11,16-17,19-20,23-26,29-32,34-35,68H,4-6,9,12-15,18,21-22,27-28,33,36-67H2,1-3H3/b10-7-,11-8-,19-16-,20-17-,25-23-,26-24-,31-29-,32-30-,35-34-. The first-order chi connectivity index (χ1) is 38.0. The third kappa shape index (κ3) is 62.8. The fraction of sp³-hybridized carbons (Fsp3) is 0.704. The zero-order valence-corrected chi connectivity index (χ0v) is 50.4. The van der Waals surface area contributed by atoms with Crippen LogP contribution in [0.4, 0.5) is 0 Å². The van der Waals surface area contributed by atoms with Crippen LogP contribution in [0, 0.1) is 0 Å². The van der Waals surface area contributed by atoms with Crippen LogP contribution >= 0.6 is 0 Å². The molecule has 0 saturated carbocycles. The molecule has 1 unspecified atom stereocenters. The molecule has 0 aromatic rings.